The van der Waals surface area contributed by atoms with Crippen LogP contribution < -0.4 is 69.3 Å². The molecular weight excluding hydrogens is 530 g/mol. The van der Waals surface area contributed by atoms with Gasteiger partial charge in [0.2, 0.25) is 0 Å². The van der Waals surface area contributed by atoms with E-state index in [4.69, 9.17) is 0 Å². The summed E-state index contributed by atoms with van der Waals surface area (Å²) < 4.78 is 64.3. The number of hydrogen-bond acceptors (Lipinski definition) is 8. The summed E-state index contributed by atoms with van der Waals surface area (Å²) in [6.07, 6.45) is 2.25. The van der Waals surface area contributed by atoms with Crippen LogP contribution in [0.15, 0.2) is 68.3 Å². The fraction of sp³-hybridized carbons (Fsp3) is 0.0909. The fourth-order valence-corrected chi connectivity index (χ4v) is 4.19. The SMILES string of the molecule is Cc1cc(S(=O)(=O)O)cc(C=Nc2ccccc2N=Cc2cc(S(=O)(=O)O)cc(C)c2[O-])c1[O-].[Na+].[Na+]. The first-order chi connectivity index (χ1) is 15.8. The van der Waals surface area contributed by atoms with E-state index >= 15 is 0 Å². The van der Waals surface area contributed by atoms with Crippen LogP contribution in [0, 0.1) is 13.8 Å². The zero-order valence-electron chi connectivity index (χ0n) is 19.8. The first-order valence-electron chi connectivity index (χ1n) is 9.53. The Bertz CT molecular complexity index is 1440. The second-order valence-corrected chi connectivity index (χ2v) is 10.1. The molecule has 36 heavy (non-hydrogen) atoms. The van der Waals surface area contributed by atoms with E-state index in [-0.39, 0.29) is 92.7 Å². The van der Waals surface area contributed by atoms with Crippen LogP contribution in [0.2, 0.25) is 0 Å². The molecule has 3 aromatic rings. The molecule has 0 aliphatic rings. The average Bonchev–Trinajstić information content (AvgIpc) is 2.74. The van der Waals surface area contributed by atoms with Crippen molar-refractivity contribution in [1.82, 2.24) is 0 Å². The standard InChI is InChI=1S/C22H20N2O8S2.2Na/c1-13-7-17(33(27,28)29)9-15(21(13)25)11-23-19-5-3-4-6-20(19)24-12-16-10-18(34(30,31)32)8-14(2)22(16)26;;/h3-12,25-26H,1-2H3,(H,27,28,29)(H,30,31,32);;/q;2*+1/p-2. The molecule has 0 radical (unpaired) electrons. The Kier molecular flexibility index (Phi) is 11.5. The summed E-state index contributed by atoms with van der Waals surface area (Å²) in [4.78, 5) is 7.46. The minimum absolute atomic E-state index is 0. The molecule has 0 spiro atoms. The van der Waals surface area contributed by atoms with Crippen molar-refractivity contribution in [2.75, 3.05) is 0 Å². The van der Waals surface area contributed by atoms with Gasteiger partial charge in [0.05, 0.1) is 21.2 Å². The number of benzene rings is 3. The van der Waals surface area contributed by atoms with Gasteiger partial charge in [0.25, 0.3) is 20.2 Å². The third-order valence-corrected chi connectivity index (χ3v) is 6.38. The van der Waals surface area contributed by atoms with Crippen LogP contribution in [0.4, 0.5) is 11.4 Å². The Hall–Kier alpha value is -1.58. The first-order valence-corrected chi connectivity index (χ1v) is 12.4. The third-order valence-electron chi connectivity index (χ3n) is 4.72. The average molecular weight is 549 g/mol. The number of rotatable bonds is 6. The van der Waals surface area contributed by atoms with Crippen molar-refractivity contribution in [1.29, 1.82) is 0 Å². The summed E-state index contributed by atoms with van der Waals surface area (Å²) in [5, 5.41) is 24.7. The number of para-hydroxylation sites is 2. The molecule has 0 saturated carbocycles. The van der Waals surface area contributed by atoms with Crippen LogP contribution in [0.25, 0.3) is 0 Å². The molecule has 0 aliphatic carbocycles. The van der Waals surface area contributed by atoms with Gasteiger partial charge in [-0.25, -0.2) is 0 Å². The second kappa shape index (κ2) is 12.8. The van der Waals surface area contributed by atoms with E-state index in [1.807, 2.05) is 0 Å². The normalized spacial score (nSPS) is 11.9. The van der Waals surface area contributed by atoms with Crippen molar-refractivity contribution in [3.8, 4) is 11.5 Å². The van der Waals surface area contributed by atoms with Crippen molar-refractivity contribution in [2.24, 2.45) is 9.98 Å². The summed E-state index contributed by atoms with van der Waals surface area (Å²) in [6, 6.07) is 10.4. The number of aryl methyl sites for hydroxylation is 2. The van der Waals surface area contributed by atoms with Crippen molar-refractivity contribution in [3.63, 3.8) is 0 Å². The fourth-order valence-electron chi connectivity index (χ4n) is 2.98. The third kappa shape index (κ3) is 7.96. The molecule has 0 aliphatic heterocycles. The molecule has 3 rings (SSSR count). The molecular formula is C22H18N2Na2O8S2. The van der Waals surface area contributed by atoms with E-state index in [0.29, 0.717) is 0 Å². The van der Waals surface area contributed by atoms with Crippen LogP contribution in [0.1, 0.15) is 22.3 Å². The van der Waals surface area contributed by atoms with Gasteiger partial charge in [0, 0.05) is 12.4 Å². The number of aliphatic imine (C=N–C) groups is 2. The maximum absolute atomic E-state index is 12.3. The van der Waals surface area contributed by atoms with E-state index in [1.54, 1.807) is 24.3 Å². The summed E-state index contributed by atoms with van der Waals surface area (Å²) in [5.41, 5.74) is 0.542. The maximum Gasteiger partial charge on any atom is 1.00 e. The molecule has 2 N–H and O–H groups in total. The van der Waals surface area contributed by atoms with Gasteiger partial charge >= 0.3 is 59.1 Å². The van der Waals surface area contributed by atoms with Crippen LogP contribution in [0.5, 0.6) is 11.5 Å². The van der Waals surface area contributed by atoms with E-state index in [1.165, 1.54) is 13.8 Å². The molecule has 0 heterocycles. The Morgan fingerprint density at radius 1 is 0.694 bits per heavy atom. The summed E-state index contributed by atoms with van der Waals surface area (Å²) in [6.45, 7) is 2.80. The van der Waals surface area contributed by atoms with Gasteiger partial charge in [-0.05, 0) is 61.4 Å². The molecule has 0 unspecified atom stereocenters. The zero-order chi connectivity index (χ0) is 25.3. The van der Waals surface area contributed by atoms with Gasteiger partial charge in [-0.2, -0.15) is 16.8 Å². The minimum atomic E-state index is -4.53. The van der Waals surface area contributed by atoms with Crippen LogP contribution in [-0.2, 0) is 20.2 Å². The van der Waals surface area contributed by atoms with E-state index < -0.39 is 41.5 Å². The Morgan fingerprint density at radius 3 is 1.33 bits per heavy atom. The van der Waals surface area contributed by atoms with Crippen molar-refractivity contribution >= 4 is 44.0 Å². The van der Waals surface area contributed by atoms with Crippen molar-refractivity contribution in [2.45, 2.75) is 23.6 Å². The largest absolute Gasteiger partial charge is 1.00 e. The summed E-state index contributed by atoms with van der Waals surface area (Å²) >= 11 is 0. The molecule has 0 bridgehead atoms. The quantitative estimate of drug-likeness (QED) is 0.181. The molecule has 178 valence electrons. The molecule has 0 fully saturated rings. The summed E-state index contributed by atoms with van der Waals surface area (Å²) in [5.74, 6) is -0.962. The number of hydrogen-bond donors (Lipinski definition) is 2. The predicted octanol–water partition coefficient (Wildman–Crippen LogP) is -3.55. The van der Waals surface area contributed by atoms with Gasteiger partial charge in [-0.1, -0.05) is 34.8 Å². The van der Waals surface area contributed by atoms with E-state index in [0.717, 1.165) is 36.7 Å². The first kappa shape index (κ1) is 32.4. The minimum Gasteiger partial charge on any atom is -0.872 e. The van der Waals surface area contributed by atoms with Gasteiger partial charge in [0.1, 0.15) is 0 Å². The van der Waals surface area contributed by atoms with Crippen molar-refractivity contribution < 1.29 is 95.3 Å². The molecule has 0 amide bonds. The predicted molar refractivity (Wildman–Crippen MR) is 122 cm³/mol. The molecule has 0 atom stereocenters. The molecule has 14 heteroatoms. The van der Waals surface area contributed by atoms with Crippen LogP contribution in [-0.4, -0.2) is 38.4 Å². The summed E-state index contributed by atoms with van der Waals surface area (Å²) in [7, 11) is -9.06. The van der Waals surface area contributed by atoms with E-state index in [2.05, 4.69) is 9.98 Å². The number of nitrogens with zero attached hydrogens (tertiary/aromatic N) is 2. The smallest absolute Gasteiger partial charge is 0.872 e. The second-order valence-electron chi connectivity index (χ2n) is 7.27. The Labute approximate surface area is 252 Å². The van der Waals surface area contributed by atoms with Gasteiger partial charge in [-0.3, -0.25) is 19.1 Å². The molecule has 0 saturated heterocycles. The molecule has 10 nitrogen and oxygen atoms in total. The van der Waals surface area contributed by atoms with Crippen molar-refractivity contribution in [3.05, 3.63) is 70.8 Å². The molecule has 3 aromatic carbocycles. The zero-order valence-corrected chi connectivity index (χ0v) is 25.5. The topological polar surface area (TPSA) is 180 Å². The maximum atomic E-state index is 12.3. The van der Waals surface area contributed by atoms with Gasteiger partial charge in [-0.15, -0.1) is 0 Å². The van der Waals surface area contributed by atoms with Crippen LogP contribution in [0.3, 0.4) is 0 Å². The van der Waals surface area contributed by atoms with Gasteiger partial charge < -0.3 is 10.2 Å². The van der Waals surface area contributed by atoms with Gasteiger partial charge in [0.15, 0.2) is 0 Å². The monoisotopic (exact) mass is 548 g/mol. The Balaban J connectivity index is 0.00000324. The Morgan fingerprint density at radius 2 is 1.03 bits per heavy atom. The van der Waals surface area contributed by atoms with E-state index in [9.17, 15) is 36.2 Å². The van der Waals surface area contributed by atoms with Crippen LogP contribution >= 0.6 is 0 Å². The molecule has 0 aromatic heterocycles.